The zero-order valence-corrected chi connectivity index (χ0v) is 15.4. The van der Waals surface area contributed by atoms with Crippen LogP contribution in [0.25, 0.3) is 0 Å². The summed E-state index contributed by atoms with van der Waals surface area (Å²) in [6.45, 7) is 6.17. The van der Waals surface area contributed by atoms with Gasteiger partial charge in [-0.2, -0.15) is 0 Å². The van der Waals surface area contributed by atoms with Crippen molar-refractivity contribution in [2.24, 2.45) is 0 Å². The molecule has 1 N–H and O–H groups in total. The summed E-state index contributed by atoms with van der Waals surface area (Å²) in [5.41, 5.74) is 2.77. The second kappa shape index (κ2) is 8.07. The van der Waals surface area contributed by atoms with E-state index in [1.165, 1.54) is 7.11 Å². The van der Waals surface area contributed by atoms with Crippen LogP contribution in [0.1, 0.15) is 28.7 Å². The van der Waals surface area contributed by atoms with E-state index < -0.39 is 11.9 Å². The monoisotopic (exact) mass is 364 g/mol. The predicted octanol–water partition coefficient (Wildman–Crippen LogP) is 3.58. The smallest absolute Gasteiger partial charge is 0.340 e. The summed E-state index contributed by atoms with van der Waals surface area (Å²) in [4.78, 5) is 24.1. The molecular weight excluding hydrogens is 344 g/mol. The van der Waals surface area contributed by atoms with E-state index >= 15 is 0 Å². The van der Waals surface area contributed by atoms with Crippen molar-refractivity contribution in [3.8, 4) is 5.75 Å². The maximum Gasteiger partial charge on any atom is 0.340 e. The lowest BCUT2D eigenvalue weighted by atomic mass is 10.2. The Kier molecular flexibility index (Phi) is 6.09. The summed E-state index contributed by atoms with van der Waals surface area (Å²) in [6, 6.07) is 6.63. The topological polar surface area (TPSA) is 69.6 Å². The van der Waals surface area contributed by atoms with Gasteiger partial charge in [0.25, 0.3) is 5.91 Å². The third kappa shape index (κ3) is 4.33. The van der Waals surface area contributed by atoms with Gasteiger partial charge in [-0.15, -0.1) is 0 Å². The zero-order chi connectivity index (χ0) is 18.6. The van der Waals surface area contributed by atoms with E-state index in [0.717, 1.165) is 17.9 Å². The molecule has 7 heteroatoms. The minimum Gasteiger partial charge on any atom is -0.495 e. The van der Waals surface area contributed by atoms with E-state index in [1.54, 1.807) is 24.3 Å². The van der Waals surface area contributed by atoms with Crippen molar-refractivity contribution >= 4 is 29.2 Å². The van der Waals surface area contributed by atoms with Crippen molar-refractivity contribution in [1.82, 2.24) is 4.57 Å². The molecule has 0 fully saturated rings. The molecule has 1 aromatic heterocycles. The minimum atomic E-state index is -0.518. The van der Waals surface area contributed by atoms with Gasteiger partial charge in [-0.05, 0) is 45.0 Å². The van der Waals surface area contributed by atoms with E-state index in [-0.39, 0.29) is 6.61 Å². The highest BCUT2D eigenvalue weighted by atomic mass is 35.5. The third-order valence-corrected chi connectivity index (χ3v) is 4.18. The quantitative estimate of drug-likeness (QED) is 0.795. The SMILES string of the molecule is CCn1c(C)cc(C(=O)OCC(=O)Nc2ccc(OC)c(Cl)c2)c1C. The zero-order valence-electron chi connectivity index (χ0n) is 14.7. The third-order valence-electron chi connectivity index (χ3n) is 3.88. The van der Waals surface area contributed by atoms with Crippen LogP contribution in [-0.4, -0.2) is 30.2 Å². The Morgan fingerprint density at radius 2 is 1.96 bits per heavy atom. The van der Waals surface area contributed by atoms with Gasteiger partial charge in [0.15, 0.2) is 6.61 Å². The maximum atomic E-state index is 12.2. The first kappa shape index (κ1) is 18.9. The molecule has 2 rings (SSSR count). The average Bonchev–Trinajstić information content (AvgIpc) is 2.87. The van der Waals surface area contributed by atoms with Crippen LogP contribution in [0, 0.1) is 13.8 Å². The van der Waals surface area contributed by atoms with E-state index in [9.17, 15) is 9.59 Å². The van der Waals surface area contributed by atoms with Gasteiger partial charge in [0, 0.05) is 23.6 Å². The van der Waals surface area contributed by atoms with Crippen molar-refractivity contribution in [3.05, 3.63) is 46.2 Å². The van der Waals surface area contributed by atoms with Crippen molar-refractivity contribution in [3.63, 3.8) is 0 Å². The van der Waals surface area contributed by atoms with Crippen LogP contribution in [0.5, 0.6) is 5.75 Å². The number of nitrogens with zero attached hydrogens (tertiary/aromatic N) is 1. The maximum absolute atomic E-state index is 12.2. The van der Waals surface area contributed by atoms with Crippen LogP contribution in [0.4, 0.5) is 5.69 Å². The number of amides is 1. The number of esters is 1. The molecule has 0 atom stereocenters. The largest absolute Gasteiger partial charge is 0.495 e. The number of nitrogens with one attached hydrogen (secondary N) is 1. The highest BCUT2D eigenvalue weighted by molar-refractivity contribution is 6.32. The van der Waals surface area contributed by atoms with Crippen LogP contribution in [0.3, 0.4) is 0 Å². The van der Waals surface area contributed by atoms with Gasteiger partial charge in [-0.1, -0.05) is 11.6 Å². The molecule has 0 radical (unpaired) electrons. The first-order valence-corrected chi connectivity index (χ1v) is 8.22. The second-order valence-electron chi connectivity index (χ2n) is 5.50. The van der Waals surface area contributed by atoms with E-state index in [4.69, 9.17) is 21.1 Å². The standard InChI is InChI=1S/C18H21ClN2O4/c1-5-21-11(2)8-14(12(21)3)18(23)25-10-17(22)20-13-6-7-16(24-4)15(19)9-13/h6-9H,5,10H2,1-4H3,(H,20,22). The fraction of sp³-hybridized carbons (Fsp3) is 0.333. The average molecular weight is 365 g/mol. The fourth-order valence-corrected chi connectivity index (χ4v) is 2.90. The molecule has 25 heavy (non-hydrogen) atoms. The number of carbonyl (C=O) groups is 2. The molecule has 0 bridgehead atoms. The molecule has 0 unspecified atom stereocenters. The summed E-state index contributed by atoms with van der Waals surface area (Å²) < 4.78 is 12.2. The Hall–Kier alpha value is -2.47. The van der Waals surface area contributed by atoms with Gasteiger partial charge >= 0.3 is 5.97 Å². The molecule has 0 aliphatic heterocycles. The number of hydrogen-bond acceptors (Lipinski definition) is 4. The van der Waals surface area contributed by atoms with Crippen LogP contribution in [-0.2, 0) is 16.1 Å². The number of carbonyl (C=O) groups excluding carboxylic acids is 2. The number of rotatable bonds is 6. The molecule has 0 saturated heterocycles. The van der Waals surface area contributed by atoms with Gasteiger partial charge in [0.05, 0.1) is 17.7 Å². The molecule has 0 aliphatic rings. The van der Waals surface area contributed by atoms with Crippen LogP contribution in [0.15, 0.2) is 24.3 Å². The Morgan fingerprint density at radius 3 is 2.52 bits per heavy atom. The number of benzene rings is 1. The highest BCUT2D eigenvalue weighted by Gasteiger charge is 2.17. The highest BCUT2D eigenvalue weighted by Crippen LogP contribution is 2.27. The number of halogens is 1. The van der Waals surface area contributed by atoms with Gasteiger partial charge in [0.1, 0.15) is 5.75 Å². The molecule has 0 saturated carbocycles. The lowest BCUT2D eigenvalue weighted by molar-refractivity contribution is -0.119. The lowest BCUT2D eigenvalue weighted by Crippen LogP contribution is -2.21. The number of anilines is 1. The molecule has 0 spiro atoms. The Bertz CT molecular complexity index is 799. The van der Waals surface area contributed by atoms with E-state index in [2.05, 4.69) is 5.32 Å². The Morgan fingerprint density at radius 1 is 1.24 bits per heavy atom. The van der Waals surface area contributed by atoms with Crippen molar-refractivity contribution in [2.75, 3.05) is 19.0 Å². The Labute approximate surface area is 151 Å². The van der Waals surface area contributed by atoms with E-state index in [1.807, 2.05) is 25.3 Å². The molecule has 134 valence electrons. The van der Waals surface area contributed by atoms with Crippen molar-refractivity contribution in [2.45, 2.75) is 27.3 Å². The number of aromatic nitrogens is 1. The molecule has 1 aromatic carbocycles. The predicted molar refractivity (Wildman–Crippen MR) is 96.5 cm³/mol. The Balaban J connectivity index is 1.96. The normalized spacial score (nSPS) is 10.4. The number of methoxy groups -OCH3 is 1. The van der Waals surface area contributed by atoms with Gasteiger partial charge < -0.3 is 19.4 Å². The first-order valence-electron chi connectivity index (χ1n) is 7.84. The van der Waals surface area contributed by atoms with Gasteiger partial charge in [-0.25, -0.2) is 4.79 Å². The summed E-state index contributed by atoms with van der Waals surface area (Å²) in [5.74, 6) is -0.452. The molecule has 0 aliphatic carbocycles. The minimum absolute atomic E-state index is 0.377. The molecule has 6 nitrogen and oxygen atoms in total. The lowest BCUT2D eigenvalue weighted by Gasteiger charge is -2.09. The van der Waals surface area contributed by atoms with Crippen molar-refractivity contribution in [1.29, 1.82) is 0 Å². The fourth-order valence-electron chi connectivity index (χ4n) is 2.64. The van der Waals surface area contributed by atoms with Gasteiger partial charge in [0.2, 0.25) is 0 Å². The second-order valence-corrected chi connectivity index (χ2v) is 5.91. The van der Waals surface area contributed by atoms with Gasteiger partial charge in [-0.3, -0.25) is 4.79 Å². The number of aryl methyl sites for hydroxylation is 1. The van der Waals surface area contributed by atoms with Crippen LogP contribution < -0.4 is 10.1 Å². The first-order chi connectivity index (χ1) is 11.9. The summed E-state index contributed by atoms with van der Waals surface area (Å²) in [6.07, 6.45) is 0. The molecule has 1 heterocycles. The number of hydrogen-bond donors (Lipinski definition) is 1. The van der Waals surface area contributed by atoms with E-state index in [0.29, 0.717) is 22.0 Å². The number of ether oxygens (including phenoxy) is 2. The summed E-state index contributed by atoms with van der Waals surface area (Å²) in [7, 11) is 1.51. The van der Waals surface area contributed by atoms with Crippen molar-refractivity contribution < 1.29 is 19.1 Å². The summed E-state index contributed by atoms with van der Waals surface area (Å²) in [5, 5.41) is 3.00. The molecule has 1 amide bonds. The molecule has 2 aromatic rings. The summed E-state index contributed by atoms with van der Waals surface area (Å²) >= 11 is 6.00. The van der Waals surface area contributed by atoms with Crippen LogP contribution in [0.2, 0.25) is 5.02 Å². The van der Waals surface area contributed by atoms with Crippen LogP contribution >= 0.6 is 11.6 Å². The molecular formula is C18H21ClN2O4.